The molecule has 0 aromatic rings. The van der Waals surface area contributed by atoms with Crippen LogP contribution in [0.1, 0.15) is 117 Å². The van der Waals surface area contributed by atoms with Crippen molar-refractivity contribution in [1.82, 2.24) is 0 Å². The molecule has 0 radical (unpaired) electrons. The first-order chi connectivity index (χ1) is 14.4. The second-order valence-corrected chi connectivity index (χ2v) is 10.4. The number of carboxylic acids is 2. The first kappa shape index (κ1) is 31.8. The second kappa shape index (κ2) is 26.6. The third kappa shape index (κ3) is 32.3. The molecule has 0 saturated heterocycles. The lowest BCUT2D eigenvalue weighted by Crippen LogP contribution is -2.05. The van der Waals surface area contributed by atoms with Crippen molar-refractivity contribution in [2.45, 2.75) is 123 Å². The van der Waals surface area contributed by atoms with Gasteiger partial charge in [-0.1, -0.05) is 99.6 Å². The summed E-state index contributed by atoms with van der Waals surface area (Å²) in [6, 6.07) is 0. The van der Waals surface area contributed by atoms with Gasteiger partial charge in [0.1, 0.15) is 0 Å². The van der Waals surface area contributed by atoms with Gasteiger partial charge in [0.25, 0.3) is 0 Å². The lowest BCUT2D eigenvalue weighted by Gasteiger charge is -2.09. The molecule has 0 fully saturated rings. The van der Waals surface area contributed by atoms with E-state index in [0.29, 0.717) is 12.8 Å². The summed E-state index contributed by atoms with van der Waals surface area (Å²) in [5.74, 6) is 0.0941. The van der Waals surface area contributed by atoms with Crippen LogP contribution in [0.2, 0.25) is 0 Å². The van der Waals surface area contributed by atoms with E-state index in [0.717, 1.165) is 24.3 Å². The Morgan fingerprint density at radius 3 is 1.33 bits per heavy atom. The summed E-state index contributed by atoms with van der Waals surface area (Å²) in [4.78, 5) is 20.3. The van der Waals surface area contributed by atoms with E-state index in [-0.39, 0.29) is 18.9 Å². The van der Waals surface area contributed by atoms with Gasteiger partial charge >= 0.3 is 11.9 Å². The standard InChI is InChI=1S/C15H32O.C8H14O4S2/c1-3-5-7-9-11-13-15(16)14-12-10-8-6-4-2;9-7(10)3-1-5-13-14-6-2-4-8(11)12/h15-16H,3-14H2,1-2H3;1-6H2,(H,9,10)(H,11,12). The zero-order valence-corrected chi connectivity index (χ0v) is 20.9. The Balaban J connectivity index is 0. The monoisotopic (exact) mass is 466 g/mol. The molecule has 7 heteroatoms. The highest BCUT2D eigenvalue weighted by molar-refractivity contribution is 8.76. The SMILES string of the molecule is CCCCCCCC(O)CCCCCCC.O=C(O)CCCSSCCCC(=O)O. The van der Waals surface area contributed by atoms with E-state index in [1.807, 2.05) is 0 Å². The minimum absolute atomic E-state index is 0.0248. The zero-order valence-electron chi connectivity index (χ0n) is 19.3. The first-order valence-electron chi connectivity index (χ1n) is 11.8. The van der Waals surface area contributed by atoms with Crippen LogP contribution in [-0.2, 0) is 9.59 Å². The zero-order chi connectivity index (χ0) is 22.9. The van der Waals surface area contributed by atoms with E-state index >= 15 is 0 Å². The summed E-state index contributed by atoms with van der Waals surface area (Å²) in [6.45, 7) is 4.48. The minimum Gasteiger partial charge on any atom is -0.481 e. The van der Waals surface area contributed by atoms with Crippen LogP contribution in [-0.4, -0.2) is 44.9 Å². The Kier molecular flexibility index (Phi) is 28.2. The molecule has 0 aromatic carbocycles. The molecular formula is C23H46O5S2. The largest absolute Gasteiger partial charge is 0.481 e. The Morgan fingerprint density at radius 1 is 0.633 bits per heavy atom. The van der Waals surface area contributed by atoms with E-state index < -0.39 is 11.9 Å². The van der Waals surface area contributed by atoms with Crippen LogP contribution in [0.25, 0.3) is 0 Å². The van der Waals surface area contributed by atoms with Gasteiger partial charge in [-0.05, 0) is 25.7 Å². The van der Waals surface area contributed by atoms with Gasteiger partial charge in [-0.25, -0.2) is 0 Å². The number of hydrogen-bond acceptors (Lipinski definition) is 5. The molecule has 0 saturated carbocycles. The Labute approximate surface area is 192 Å². The van der Waals surface area contributed by atoms with Crippen LogP contribution in [0.15, 0.2) is 0 Å². The Morgan fingerprint density at radius 2 is 1.00 bits per heavy atom. The number of rotatable bonds is 21. The van der Waals surface area contributed by atoms with Crippen molar-refractivity contribution < 1.29 is 24.9 Å². The fourth-order valence-corrected chi connectivity index (χ4v) is 4.97. The van der Waals surface area contributed by atoms with E-state index in [1.165, 1.54) is 64.2 Å². The molecule has 0 rings (SSSR count). The number of unbranched alkanes of at least 4 members (excludes halogenated alkanes) is 8. The lowest BCUT2D eigenvalue weighted by atomic mass is 10.0. The maximum absolute atomic E-state index is 10.1. The summed E-state index contributed by atoms with van der Waals surface area (Å²) in [7, 11) is 3.21. The molecule has 0 atom stereocenters. The van der Waals surface area contributed by atoms with Gasteiger partial charge in [0.15, 0.2) is 0 Å². The van der Waals surface area contributed by atoms with Crippen LogP contribution < -0.4 is 0 Å². The third-order valence-electron chi connectivity index (χ3n) is 4.60. The third-order valence-corrected chi connectivity index (χ3v) is 7.18. The highest BCUT2D eigenvalue weighted by atomic mass is 33.1. The summed E-state index contributed by atoms with van der Waals surface area (Å²) >= 11 is 0. The van der Waals surface area contributed by atoms with Crippen molar-refractivity contribution in [3.05, 3.63) is 0 Å². The van der Waals surface area contributed by atoms with Gasteiger partial charge in [-0.2, -0.15) is 0 Å². The molecule has 0 heterocycles. The maximum atomic E-state index is 10.1. The van der Waals surface area contributed by atoms with Crippen LogP contribution in [0, 0.1) is 0 Å². The lowest BCUT2D eigenvalue weighted by molar-refractivity contribution is -0.138. The van der Waals surface area contributed by atoms with Gasteiger partial charge < -0.3 is 15.3 Å². The number of aliphatic carboxylic acids is 2. The van der Waals surface area contributed by atoms with Crippen LogP contribution in [0.5, 0.6) is 0 Å². The fraction of sp³-hybridized carbons (Fsp3) is 0.913. The summed E-state index contributed by atoms with van der Waals surface area (Å²) in [5.41, 5.74) is 0. The number of aliphatic hydroxyl groups is 1. The van der Waals surface area contributed by atoms with Crippen molar-refractivity contribution in [1.29, 1.82) is 0 Å². The molecule has 0 aliphatic heterocycles. The normalized spacial score (nSPS) is 10.7. The molecule has 180 valence electrons. The number of aliphatic hydroxyl groups excluding tert-OH is 1. The highest BCUT2D eigenvalue weighted by Crippen LogP contribution is 2.23. The van der Waals surface area contributed by atoms with Gasteiger partial charge in [0.05, 0.1) is 6.10 Å². The van der Waals surface area contributed by atoms with Gasteiger partial charge in [-0.3, -0.25) is 9.59 Å². The molecule has 0 aliphatic carbocycles. The summed E-state index contributed by atoms with van der Waals surface area (Å²) < 4.78 is 0. The molecule has 0 bridgehead atoms. The Hall–Kier alpha value is -0.400. The van der Waals surface area contributed by atoms with E-state index in [4.69, 9.17) is 10.2 Å². The maximum Gasteiger partial charge on any atom is 0.303 e. The molecule has 0 amide bonds. The molecule has 5 nitrogen and oxygen atoms in total. The predicted octanol–water partition coefficient (Wildman–Crippen LogP) is 7.17. The Bertz CT molecular complexity index is 347. The number of hydrogen-bond donors (Lipinski definition) is 3. The number of carboxylic acid groups (broad SMARTS) is 2. The smallest absolute Gasteiger partial charge is 0.303 e. The molecule has 0 unspecified atom stereocenters. The highest BCUT2D eigenvalue weighted by Gasteiger charge is 2.03. The van der Waals surface area contributed by atoms with E-state index in [2.05, 4.69) is 13.8 Å². The molecule has 0 aromatic heterocycles. The van der Waals surface area contributed by atoms with Crippen molar-refractivity contribution in [3.63, 3.8) is 0 Å². The molecular weight excluding hydrogens is 420 g/mol. The van der Waals surface area contributed by atoms with Gasteiger partial charge in [-0.15, -0.1) is 0 Å². The molecule has 0 spiro atoms. The van der Waals surface area contributed by atoms with Crippen molar-refractivity contribution in [2.75, 3.05) is 11.5 Å². The van der Waals surface area contributed by atoms with Gasteiger partial charge in [0, 0.05) is 24.3 Å². The molecule has 0 aliphatic rings. The summed E-state index contributed by atoms with van der Waals surface area (Å²) in [6.07, 6.45) is 16.9. The van der Waals surface area contributed by atoms with Crippen LogP contribution in [0.3, 0.4) is 0 Å². The quantitative estimate of drug-likeness (QED) is 0.122. The average molecular weight is 467 g/mol. The van der Waals surface area contributed by atoms with E-state index in [9.17, 15) is 14.7 Å². The average Bonchev–Trinajstić information content (AvgIpc) is 2.69. The number of carbonyl (C=O) groups is 2. The first-order valence-corrected chi connectivity index (χ1v) is 14.3. The predicted molar refractivity (Wildman–Crippen MR) is 131 cm³/mol. The van der Waals surface area contributed by atoms with Crippen molar-refractivity contribution in [2.24, 2.45) is 0 Å². The van der Waals surface area contributed by atoms with Crippen LogP contribution >= 0.6 is 21.6 Å². The molecule has 3 N–H and O–H groups in total. The fourth-order valence-electron chi connectivity index (χ4n) is 2.79. The van der Waals surface area contributed by atoms with Gasteiger partial charge in [0.2, 0.25) is 0 Å². The van der Waals surface area contributed by atoms with E-state index in [1.54, 1.807) is 21.6 Å². The minimum atomic E-state index is -0.763. The van der Waals surface area contributed by atoms with Crippen LogP contribution in [0.4, 0.5) is 0 Å². The van der Waals surface area contributed by atoms with Crippen molar-refractivity contribution >= 4 is 33.5 Å². The summed E-state index contributed by atoms with van der Waals surface area (Å²) in [5, 5.41) is 26.4. The topological polar surface area (TPSA) is 94.8 Å². The second-order valence-electron chi connectivity index (χ2n) is 7.70. The van der Waals surface area contributed by atoms with Crippen molar-refractivity contribution in [3.8, 4) is 0 Å². The molecule has 30 heavy (non-hydrogen) atoms.